The summed E-state index contributed by atoms with van der Waals surface area (Å²) >= 11 is 1.52. The first-order chi connectivity index (χ1) is 17.8. The van der Waals surface area contributed by atoms with Gasteiger partial charge in [-0.25, -0.2) is 0 Å². The fraction of sp³-hybridized carbons (Fsp3) is 0.517. The summed E-state index contributed by atoms with van der Waals surface area (Å²) in [7, 11) is 1.70. The minimum Gasteiger partial charge on any atom is -0.382 e. The zero-order valence-electron chi connectivity index (χ0n) is 22.6. The molecule has 37 heavy (non-hydrogen) atoms. The zero-order chi connectivity index (χ0) is 26.5. The Morgan fingerprint density at radius 1 is 1.19 bits per heavy atom. The first-order valence-electron chi connectivity index (χ1n) is 13.1. The van der Waals surface area contributed by atoms with Crippen molar-refractivity contribution in [3.63, 3.8) is 0 Å². The van der Waals surface area contributed by atoms with Crippen molar-refractivity contribution in [2.45, 2.75) is 70.0 Å². The lowest BCUT2D eigenvalue weighted by Gasteiger charge is -2.34. The highest BCUT2D eigenvalue weighted by atomic mass is 32.2. The summed E-state index contributed by atoms with van der Waals surface area (Å²) in [6, 6.07) is 10.3. The van der Waals surface area contributed by atoms with Crippen LogP contribution in [0.1, 0.15) is 66.0 Å². The minimum absolute atomic E-state index is 0.151. The van der Waals surface area contributed by atoms with Gasteiger partial charge in [0.25, 0.3) is 11.5 Å². The van der Waals surface area contributed by atoms with Crippen LogP contribution in [0.5, 0.6) is 0 Å². The van der Waals surface area contributed by atoms with Crippen LogP contribution in [-0.2, 0) is 16.0 Å². The Bertz CT molecular complexity index is 1290. The number of hydrogen-bond donors (Lipinski definition) is 2. The molecule has 3 aromatic rings. The molecule has 8 heteroatoms. The number of carbonyl (C=O) groups is 1. The highest BCUT2D eigenvalue weighted by molar-refractivity contribution is 7.98. The van der Waals surface area contributed by atoms with Crippen molar-refractivity contribution in [3.05, 3.63) is 63.2 Å². The number of amides is 1. The number of nitrogens with zero attached hydrogens (tertiary/aromatic N) is 1. The van der Waals surface area contributed by atoms with Gasteiger partial charge in [-0.15, -0.1) is 11.8 Å². The van der Waals surface area contributed by atoms with E-state index in [1.165, 1.54) is 11.8 Å². The third-order valence-electron chi connectivity index (χ3n) is 7.71. The Labute approximate surface area is 223 Å². The van der Waals surface area contributed by atoms with Crippen LogP contribution in [0.2, 0.25) is 0 Å². The monoisotopic (exact) mass is 525 g/mol. The number of aromatic amines is 1. The van der Waals surface area contributed by atoms with Crippen molar-refractivity contribution in [2.75, 3.05) is 26.6 Å². The van der Waals surface area contributed by atoms with Gasteiger partial charge in [-0.1, -0.05) is 18.2 Å². The standard InChI is InChI=1S/C29H39N3O4S/c1-18-16-26(37-5)24(28(33)31-18)17-30-29(34)27-20(3)32(25-9-7-6-8-23(25)27)19(2)21-10-12-22(13-11-21)36-15-14-35-4/h6-9,16,19,21-22H,10-15,17H2,1-5H3,(H,30,34)(H,31,33). The van der Waals surface area contributed by atoms with E-state index in [9.17, 15) is 9.59 Å². The summed E-state index contributed by atoms with van der Waals surface area (Å²) in [4.78, 5) is 29.9. The first kappa shape index (κ1) is 27.5. The fourth-order valence-electron chi connectivity index (χ4n) is 5.74. The molecule has 1 aliphatic rings. The largest absolute Gasteiger partial charge is 0.382 e. The second-order valence-electron chi connectivity index (χ2n) is 10.00. The van der Waals surface area contributed by atoms with E-state index in [2.05, 4.69) is 27.9 Å². The number of methoxy groups -OCH3 is 1. The molecular formula is C29H39N3O4S. The molecule has 1 atom stereocenters. The Kier molecular flexibility index (Phi) is 9.16. The Hall–Kier alpha value is -2.55. The van der Waals surface area contributed by atoms with Gasteiger partial charge in [0.05, 0.1) is 24.9 Å². The van der Waals surface area contributed by atoms with E-state index in [0.29, 0.717) is 36.4 Å². The molecule has 0 spiro atoms. The summed E-state index contributed by atoms with van der Waals surface area (Å²) in [6.07, 6.45) is 6.54. The third-order valence-corrected chi connectivity index (χ3v) is 8.51. The highest BCUT2D eigenvalue weighted by Crippen LogP contribution is 2.38. The molecule has 2 heterocycles. The van der Waals surface area contributed by atoms with Crippen LogP contribution in [0.25, 0.3) is 10.9 Å². The Balaban J connectivity index is 1.55. The molecule has 7 nitrogen and oxygen atoms in total. The molecule has 1 fully saturated rings. The van der Waals surface area contributed by atoms with Crippen LogP contribution in [0.3, 0.4) is 0 Å². The number of ether oxygens (including phenoxy) is 2. The topological polar surface area (TPSA) is 85.3 Å². The molecule has 1 saturated carbocycles. The molecule has 4 rings (SSSR count). The lowest BCUT2D eigenvalue weighted by Crippen LogP contribution is -2.29. The van der Waals surface area contributed by atoms with Crippen molar-refractivity contribution in [1.82, 2.24) is 14.9 Å². The van der Waals surface area contributed by atoms with Gasteiger partial charge >= 0.3 is 0 Å². The number of pyridine rings is 1. The summed E-state index contributed by atoms with van der Waals surface area (Å²) in [6.45, 7) is 7.64. The molecule has 1 aromatic carbocycles. The van der Waals surface area contributed by atoms with E-state index < -0.39 is 0 Å². The average Bonchev–Trinajstić information content (AvgIpc) is 3.19. The molecule has 0 bridgehead atoms. The van der Waals surface area contributed by atoms with Gasteiger partial charge in [-0.05, 0) is 70.8 Å². The van der Waals surface area contributed by atoms with E-state index in [4.69, 9.17) is 9.47 Å². The Morgan fingerprint density at radius 2 is 1.92 bits per heavy atom. The van der Waals surface area contributed by atoms with Crippen molar-refractivity contribution in [1.29, 1.82) is 0 Å². The smallest absolute Gasteiger partial charge is 0.254 e. The minimum atomic E-state index is -0.153. The maximum absolute atomic E-state index is 13.5. The molecule has 2 N–H and O–H groups in total. The molecular weight excluding hydrogens is 486 g/mol. The number of benzene rings is 1. The fourth-order valence-corrected chi connectivity index (χ4v) is 6.45. The van der Waals surface area contributed by atoms with Crippen molar-refractivity contribution in [2.24, 2.45) is 5.92 Å². The van der Waals surface area contributed by atoms with Crippen LogP contribution >= 0.6 is 11.8 Å². The first-order valence-corrected chi connectivity index (χ1v) is 14.3. The summed E-state index contributed by atoms with van der Waals surface area (Å²) in [5.74, 6) is 0.366. The number of carbonyl (C=O) groups excluding carboxylic acids is 1. The van der Waals surface area contributed by atoms with Crippen LogP contribution < -0.4 is 10.9 Å². The number of fused-ring (bicyclic) bond motifs is 1. The number of rotatable bonds is 10. The molecule has 2 aromatic heterocycles. The SMILES string of the molecule is COCCOC1CCC(C(C)n2c(C)c(C(=O)NCc3c(SC)cc(C)[nH]c3=O)c3ccccc32)CC1. The molecule has 200 valence electrons. The normalized spacial score (nSPS) is 18.7. The van der Waals surface area contributed by atoms with Gasteiger partial charge < -0.3 is 24.3 Å². The van der Waals surface area contributed by atoms with E-state index in [1.807, 2.05) is 44.4 Å². The number of hydrogen-bond acceptors (Lipinski definition) is 5. The van der Waals surface area contributed by atoms with Gasteiger partial charge in [0.1, 0.15) is 0 Å². The zero-order valence-corrected chi connectivity index (χ0v) is 23.4. The summed E-state index contributed by atoms with van der Waals surface area (Å²) in [5, 5.41) is 3.98. The number of para-hydroxylation sites is 1. The lowest BCUT2D eigenvalue weighted by molar-refractivity contribution is -0.0109. The van der Waals surface area contributed by atoms with Gasteiger partial charge in [-0.3, -0.25) is 9.59 Å². The summed E-state index contributed by atoms with van der Waals surface area (Å²) in [5.41, 5.74) is 3.98. The van der Waals surface area contributed by atoms with Crippen molar-refractivity contribution >= 4 is 28.6 Å². The second kappa shape index (κ2) is 12.3. The van der Waals surface area contributed by atoms with Crippen LogP contribution in [0.15, 0.2) is 40.0 Å². The van der Waals surface area contributed by atoms with Gasteiger partial charge in [0.15, 0.2) is 0 Å². The Morgan fingerprint density at radius 3 is 2.62 bits per heavy atom. The van der Waals surface area contributed by atoms with Gasteiger partial charge in [-0.2, -0.15) is 0 Å². The molecule has 1 aliphatic carbocycles. The lowest BCUT2D eigenvalue weighted by atomic mass is 9.83. The number of thioether (sulfide) groups is 1. The van der Waals surface area contributed by atoms with Crippen molar-refractivity contribution in [3.8, 4) is 0 Å². The average molecular weight is 526 g/mol. The van der Waals surface area contributed by atoms with E-state index in [0.717, 1.165) is 52.9 Å². The molecule has 1 unspecified atom stereocenters. The van der Waals surface area contributed by atoms with E-state index >= 15 is 0 Å². The van der Waals surface area contributed by atoms with E-state index in [-0.39, 0.29) is 24.1 Å². The molecule has 0 radical (unpaired) electrons. The van der Waals surface area contributed by atoms with Crippen LogP contribution in [0, 0.1) is 19.8 Å². The highest BCUT2D eigenvalue weighted by Gasteiger charge is 2.30. The third kappa shape index (κ3) is 5.97. The van der Waals surface area contributed by atoms with Gasteiger partial charge in [0, 0.05) is 52.4 Å². The summed E-state index contributed by atoms with van der Waals surface area (Å²) < 4.78 is 13.4. The number of H-pyrrole nitrogens is 1. The van der Waals surface area contributed by atoms with Crippen LogP contribution in [-0.4, -0.2) is 48.1 Å². The van der Waals surface area contributed by atoms with Crippen LogP contribution in [0.4, 0.5) is 0 Å². The predicted octanol–water partition coefficient (Wildman–Crippen LogP) is 5.38. The molecule has 0 saturated heterocycles. The maximum atomic E-state index is 13.5. The van der Waals surface area contributed by atoms with Gasteiger partial charge in [0.2, 0.25) is 0 Å². The maximum Gasteiger partial charge on any atom is 0.254 e. The van der Waals surface area contributed by atoms with E-state index in [1.54, 1.807) is 7.11 Å². The quantitative estimate of drug-likeness (QED) is 0.274. The molecule has 0 aliphatic heterocycles. The number of aryl methyl sites for hydroxylation is 1. The molecule has 1 amide bonds. The van der Waals surface area contributed by atoms with Crippen molar-refractivity contribution < 1.29 is 14.3 Å². The number of nitrogens with one attached hydrogen (secondary N) is 2. The second-order valence-corrected chi connectivity index (χ2v) is 10.8. The number of aromatic nitrogens is 2. The predicted molar refractivity (Wildman–Crippen MR) is 150 cm³/mol.